The van der Waals surface area contributed by atoms with Gasteiger partial charge < -0.3 is 15.3 Å². The predicted molar refractivity (Wildman–Crippen MR) is 79.4 cm³/mol. The molecule has 1 fully saturated rings. The largest absolute Gasteiger partial charge is 0.396 e. The SMILES string of the molecule is C[C@H](NC(=O)N1CCCC[C@@H]1CCO)c1ccc(F)c(F)c1. The van der Waals surface area contributed by atoms with E-state index >= 15 is 0 Å². The standard InChI is InChI=1S/C16H22F2N2O2/c1-11(12-5-6-14(17)15(18)10-12)19-16(22)20-8-3-2-4-13(20)7-9-21/h5-6,10-11,13,21H,2-4,7-9H2,1H3,(H,19,22)/t11-,13+/m0/s1. The van der Waals surface area contributed by atoms with E-state index in [0.717, 1.165) is 31.4 Å². The first-order valence-electron chi connectivity index (χ1n) is 7.66. The summed E-state index contributed by atoms with van der Waals surface area (Å²) in [6, 6.07) is 3.01. The van der Waals surface area contributed by atoms with Crippen LogP contribution in [0.2, 0.25) is 0 Å². The number of carbonyl (C=O) groups is 1. The summed E-state index contributed by atoms with van der Waals surface area (Å²) >= 11 is 0. The molecule has 0 bridgehead atoms. The molecule has 2 amide bonds. The molecule has 122 valence electrons. The summed E-state index contributed by atoms with van der Waals surface area (Å²) in [5.74, 6) is -1.82. The number of amides is 2. The summed E-state index contributed by atoms with van der Waals surface area (Å²) in [7, 11) is 0. The molecule has 2 N–H and O–H groups in total. The first-order valence-corrected chi connectivity index (χ1v) is 7.66. The van der Waals surface area contributed by atoms with Crippen LogP contribution in [0.3, 0.4) is 0 Å². The van der Waals surface area contributed by atoms with Gasteiger partial charge in [0.05, 0.1) is 6.04 Å². The van der Waals surface area contributed by atoms with Gasteiger partial charge in [0.1, 0.15) is 0 Å². The van der Waals surface area contributed by atoms with E-state index in [0.29, 0.717) is 18.5 Å². The van der Waals surface area contributed by atoms with Gasteiger partial charge in [-0.2, -0.15) is 0 Å². The van der Waals surface area contributed by atoms with Crippen molar-refractivity contribution in [1.82, 2.24) is 10.2 Å². The number of aliphatic hydroxyl groups excluding tert-OH is 1. The number of benzene rings is 1. The molecule has 0 aromatic heterocycles. The van der Waals surface area contributed by atoms with Crippen molar-refractivity contribution in [2.45, 2.75) is 44.7 Å². The van der Waals surface area contributed by atoms with Crippen molar-refractivity contribution in [2.24, 2.45) is 0 Å². The Morgan fingerprint density at radius 3 is 2.86 bits per heavy atom. The number of hydrogen-bond acceptors (Lipinski definition) is 2. The molecule has 22 heavy (non-hydrogen) atoms. The minimum Gasteiger partial charge on any atom is -0.396 e. The van der Waals surface area contributed by atoms with Gasteiger partial charge in [-0.3, -0.25) is 0 Å². The summed E-state index contributed by atoms with van der Waals surface area (Å²) in [4.78, 5) is 14.1. The average molecular weight is 312 g/mol. The first kappa shape index (κ1) is 16.7. The number of nitrogens with zero attached hydrogens (tertiary/aromatic N) is 1. The number of likely N-dealkylation sites (tertiary alicyclic amines) is 1. The van der Waals surface area contributed by atoms with Crippen molar-refractivity contribution >= 4 is 6.03 Å². The molecule has 4 nitrogen and oxygen atoms in total. The van der Waals surface area contributed by atoms with Gasteiger partial charge in [0, 0.05) is 19.2 Å². The number of halogens is 2. The fourth-order valence-electron chi connectivity index (χ4n) is 2.85. The Labute approximate surface area is 129 Å². The van der Waals surface area contributed by atoms with Gasteiger partial charge in [-0.15, -0.1) is 0 Å². The number of hydrogen-bond donors (Lipinski definition) is 2. The van der Waals surface area contributed by atoms with Crippen LogP contribution < -0.4 is 5.32 Å². The Morgan fingerprint density at radius 1 is 1.41 bits per heavy atom. The number of aliphatic hydroxyl groups is 1. The fraction of sp³-hybridized carbons (Fsp3) is 0.562. The van der Waals surface area contributed by atoms with Crippen molar-refractivity contribution in [3.05, 3.63) is 35.4 Å². The summed E-state index contributed by atoms with van der Waals surface area (Å²) in [6.07, 6.45) is 3.43. The Morgan fingerprint density at radius 2 is 2.18 bits per heavy atom. The smallest absolute Gasteiger partial charge is 0.318 e. The molecule has 1 aromatic rings. The topological polar surface area (TPSA) is 52.6 Å². The molecule has 2 rings (SSSR count). The van der Waals surface area contributed by atoms with Crippen LogP contribution in [0.1, 0.15) is 44.2 Å². The molecule has 1 aliphatic heterocycles. The summed E-state index contributed by atoms with van der Waals surface area (Å²) in [5.41, 5.74) is 0.517. The van der Waals surface area contributed by atoms with E-state index in [1.165, 1.54) is 6.07 Å². The highest BCUT2D eigenvalue weighted by Gasteiger charge is 2.27. The van der Waals surface area contributed by atoms with Crippen molar-refractivity contribution in [2.75, 3.05) is 13.2 Å². The van der Waals surface area contributed by atoms with E-state index in [-0.39, 0.29) is 18.7 Å². The lowest BCUT2D eigenvalue weighted by atomic mass is 10.00. The summed E-state index contributed by atoms with van der Waals surface area (Å²) < 4.78 is 26.2. The molecule has 1 aromatic carbocycles. The molecule has 1 aliphatic rings. The number of nitrogens with one attached hydrogen (secondary N) is 1. The quantitative estimate of drug-likeness (QED) is 0.898. The number of urea groups is 1. The molecule has 0 aliphatic carbocycles. The second kappa shape index (κ2) is 7.54. The van der Waals surface area contributed by atoms with Crippen molar-refractivity contribution < 1.29 is 18.7 Å². The van der Waals surface area contributed by atoms with Crippen LogP contribution in [0, 0.1) is 11.6 Å². The van der Waals surface area contributed by atoms with Crippen molar-refractivity contribution in [1.29, 1.82) is 0 Å². The first-order chi connectivity index (χ1) is 10.5. The summed E-state index contributed by atoms with van der Waals surface area (Å²) in [5, 5.41) is 11.9. The molecule has 0 radical (unpaired) electrons. The van der Waals surface area contributed by atoms with Crippen LogP contribution >= 0.6 is 0 Å². The van der Waals surface area contributed by atoms with Crippen LogP contribution in [0.4, 0.5) is 13.6 Å². The van der Waals surface area contributed by atoms with E-state index in [9.17, 15) is 13.6 Å². The minimum absolute atomic E-state index is 0.0379. The van der Waals surface area contributed by atoms with E-state index in [2.05, 4.69) is 5.32 Å². The molecular weight excluding hydrogens is 290 g/mol. The Balaban J connectivity index is 2.01. The third-order valence-electron chi connectivity index (χ3n) is 4.13. The fourth-order valence-corrected chi connectivity index (χ4v) is 2.85. The Bertz CT molecular complexity index is 523. The van der Waals surface area contributed by atoms with Crippen LogP contribution in [-0.2, 0) is 0 Å². The van der Waals surface area contributed by atoms with Crippen LogP contribution in [0.5, 0.6) is 0 Å². The monoisotopic (exact) mass is 312 g/mol. The van der Waals surface area contributed by atoms with Gasteiger partial charge in [0.25, 0.3) is 0 Å². The maximum Gasteiger partial charge on any atom is 0.318 e. The molecule has 1 heterocycles. The van der Waals surface area contributed by atoms with E-state index < -0.39 is 17.7 Å². The van der Waals surface area contributed by atoms with Crippen molar-refractivity contribution in [3.8, 4) is 0 Å². The van der Waals surface area contributed by atoms with Gasteiger partial charge in [-0.25, -0.2) is 13.6 Å². The molecule has 0 saturated carbocycles. The number of rotatable bonds is 4. The maximum absolute atomic E-state index is 13.3. The zero-order valence-electron chi connectivity index (χ0n) is 12.7. The third kappa shape index (κ3) is 3.94. The maximum atomic E-state index is 13.3. The van der Waals surface area contributed by atoms with Crippen LogP contribution in [0.25, 0.3) is 0 Å². The lowest BCUT2D eigenvalue weighted by Crippen LogP contribution is -2.49. The highest BCUT2D eigenvalue weighted by Crippen LogP contribution is 2.21. The van der Waals surface area contributed by atoms with E-state index in [4.69, 9.17) is 5.11 Å². The second-order valence-electron chi connectivity index (χ2n) is 5.70. The van der Waals surface area contributed by atoms with Gasteiger partial charge in [0.2, 0.25) is 0 Å². The van der Waals surface area contributed by atoms with Gasteiger partial charge >= 0.3 is 6.03 Å². The number of piperidine rings is 1. The van der Waals surface area contributed by atoms with E-state index in [1.807, 2.05) is 0 Å². The van der Waals surface area contributed by atoms with Crippen LogP contribution in [-0.4, -0.2) is 35.2 Å². The number of carbonyl (C=O) groups excluding carboxylic acids is 1. The lowest BCUT2D eigenvalue weighted by Gasteiger charge is -2.36. The van der Waals surface area contributed by atoms with Gasteiger partial charge in [-0.1, -0.05) is 6.07 Å². The highest BCUT2D eigenvalue weighted by atomic mass is 19.2. The Kier molecular flexibility index (Phi) is 5.71. The zero-order chi connectivity index (χ0) is 16.1. The predicted octanol–water partition coefficient (Wildman–Crippen LogP) is 2.97. The minimum atomic E-state index is -0.922. The van der Waals surface area contributed by atoms with E-state index in [1.54, 1.807) is 11.8 Å². The Hall–Kier alpha value is -1.69. The molecule has 2 atom stereocenters. The average Bonchev–Trinajstić information content (AvgIpc) is 2.50. The van der Waals surface area contributed by atoms with Gasteiger partial charge in [0.15, 0.2) is 11.6 Å². The molecular formula is C16H22F2N2O2. The van der Waals surface area contributed by atoms with Crippen molar-refractivity contribution in [3.63, 3.8) is 0 Å². The third-order valence-corrected chi connectivity index (χ3v) is 4.13. The molecule has 0 spiro atoms. The highest BCUT2D eigenvalue weighted by molar-refractivity contribution is 5.75. The molecule has 1 saturated heterocycles. The second-order valence-corrected chi connectivity index (χ2v) is 5.70. The lowest BCUT2D eigenvalue weighted by molar-refractivity contribution is 0.130. The summed E-state index contributed by atoms with van der Waals surface area (Å²) in [6.45, 7) is 2.43. The molecule has 0 unspecified atom stereocenters. The normalized spacial score (nSPS) is 19.8. The van der Waals surface area contributed by atoms with Crippen LogP contribution in [0.15, 0.2) is 18.2 Å². The molecule has 6 heteroatoms. The van der Waals surface area contributed by atoms with Gasteiger partial charge in [-0.05, 0) is 50.3 Å². The zero-order valence-corrected chi connectivity index (χ0v) is 12.7.